The lowest BCUT2D eigenvalue weighted by Crippen LogP contribution is -2.41. The quantitative estimate of drug-likeness (QED) is 0.420. The zero-order valence-electron chi connectivity index (χ0n) is 16.8. The van der Waals surface area contributed by atoms with Crippen molar-refractivity contribution in [3.05, 3.63) is 71.8 Å². The number of ether oxygens (including phenoxy) is 2. The Hall–Kier alpha value is -1.82. The van der Waals surface area contributed by atoms with E-state index in [1.54, 1.807) is 0 Å². The van der Waals surface area contributed by atoms with Crippen LogP contribution in [0.2, 0.25) is 0 Å². The molecule has 2 aromatic rings. The molecule has 0 heterocycles. The molecule has 166 valence electrons. The van der Waals surface area contributed by atoms with Gasteiger partial charge in [0.15, 0.2) is 0 Å². The molecule has 0 saturated heterocycles. The molecule has 2 rings (SSSR count). The first kappa shape index (κ1) is 24.4. The van der Waals surface area contributed by atoms with E-state index in [0.29, 0.717) is 0 Å². The molecule has 0 fully saturated rings. The Morgan fingerprint density at radius 3 is 1.27 bits per heavy atom. The lowest BCUT2D eigenvalue weighted by atomic mass is 10.2. The minimum atomic E-state index is -3.91. The predicted octanol–water partition coefficient (Wildman–Crippen LogP) is 2.11. The average Bonchev–Trinajstić information content (AvgIpc) is 2.66. The van der Waals surface area contributed by atoms with Gasteiger partial charge >= 0.3 is 0 Å². The summed E-state index contributed by atoms with van der Waals surface area (Å²) in [5.41, 5.74) is 1.74. The molecule has 0 aromatic heterocycles. The molecule has 0 bridgehead atoms. The van der Waals surface area contributed by atoms with Gasteiger partial charge in [-0.05, 0) is 11.1 Å². The second-order valence-electron chi connectivity index (χ2n) is 6.68. The molecule has 0 spiro atoms. The third-order valence-electron chi connectivity index (χ3n) is 3.80. The molecule has 0 unspecified atom stereocenters. The predicted molar refractivity (Wildman–Crippen MR) is 112 cm³/mol. The molecule has 0 radical (unpaired) electrons. The molecule has 0 aliphatic carbocycles. The average molecular weight is 459 g/mol. The topological polar surface area (TPSA) is 105 Å². The van der Waals surface area contributed by atoms with E-state index in [-0.39, 0.29) is 26.4 Å². The monoisotopic (exact) mass is 458 g/mol. The summed E-state index contributed by atoms with van der Waals surface area (Å²) in [4.78, 5) is 0. The molecule has 10 heteroatoms. The van der Waals surface area contributed by atoms with Gasteiger partial charge in [0.25, 0.3) is 20.2 Å². The lowest BCUT2D eigenvalue weighted by Gasteiger charge is -2.25. The zero-order chi connectivity index (χ0) is 22.0. The van der Waals surface area contributed by atoms with Gasteiger partial charge in [-0.25, -0.2) is 0 Å². The molecule has 0 saturated carbocycles. The van der Waals surface area contributed by atoms with E-state index in [4.69, 9.17) is 17.8 Å². The Morgan fingerprint density at radius 2 is 0.967 bits per heavy atom. The van der Waals surface area contributed by atoms with Crippen LogP contribution in [-0.2, 0) is 51.3 Å². The highest BCUT2D eigenvalue weighted by atomic mass is 32.2. The van der Waals surface area contributed by atoms with Gasteiger partial charge in [-0.2, -0.15) is 16.8 Å². The standard InChI is InChI=1S/C20H26O8S2/c1-29(21,22)27-19(15-25-13-17-9-5-3-6-10-17)20(28-30(2,23)24)16-26-14-18-11-7-4-8-12-18/h3-12,19-20H,13-16H2,1-2H3/t19-,20-/m1/s1. The summed E-state index contributed by atoms with van der Waals surface area (Å²) >= 11 is 0. The number of hydrogen-bond donors (Lipinski definition) is 0. The molecule has 8 nitrogen and oxygen atoms in total. The van der Waals surface area contributed by atoms with Gasteiger partial charge in [-0.15, -0.1) is 0 Å². The van der Waals surface area contributed by atoms with Gasteiger partial charge in [0.05, 0.1) is 38.9 Å². The second-order valence-corrected chi connectivity index (χ2v) is 9.88. The van der Waals surface area contributed by atoms with Crippen LogP contribution in [0.1, 0.15) is 11.1 Å². The fourth-order valence-electron chi connectivity index (χ4n) is 2.58. The number of benzene rings is 2. The summed E-state index contributed by atoms with van der Waals surface area (Å²) in [5.74, 6) is 0. The molecule has 2 aromatic carbocycles. The minimum absolute atomic E-state index is 0.195. The van der Waals surface area contributed by atoms with E-state index in [2.05, 4.69) is 0 Å². The Balaban J connectivity index is 2.07. The maximum absolute atomic E-state index is 11.7. The summed E-state index contributed by atoms with van der Waals surface area (Å²) in [6.45, 7) is -0.0322. The van der Waals surface area contributed by atoms with Gasteiger partial charge < -0.3 is 9.47 Å². The molecular formula is C20H26O8S2. The van der Waals surface area contributed by atoms with Gasteiger partial charge in [-0.3, -0.25) is 8.37 Å². The van der Waals surface area contributed by atoms with Crippen molar-refractivity contribution in [1.29, 1.82) is 0 Å². The SMILES string of the molecule is CS(=O)(=O)O[C@H](COCc1ccccc1)[C@@H](COCc1ccccc1)OS(C)(=O)=O. The van der Waals surface area contributed by atoms with Crippen molar-refractivity contribution in [3.8, 4) is 0 Å². The van der Waals surface area contributed by atoms with Crippen molar-refractivity contribution >= 4 is 20.2 Å². The normalized spacial score (nSPS) is 14.3. The summed E-state index contributed by atoms with van der Waals surface area (Å²) < 4.78 is 68.1. The van der Waals surface area contributed by atoms with Crippen LogP contribution in [0.3, 0.4) is 0 Å². The largest absolute Gasteiger partial charge is 0.374 e. The highest BCUT2D eigenvalue weighted by molar-refractivity contribution is 7.86. The van der Waals surface area contributed by atoms with Crippen LogP contribution in [0.15, 0.2) is 60.7 Å². The molecule has 0 aliphatic rings. The van der Waals surface area contributed by atoms with E-state index >= 15 is 0 Å². The van der Waals surface area contributed by atoms with Crippen molar-refractivity contribution in [3.63, 3.8) is 0 Å². The van der Waals surface area contributed by atoms with Crippen LogP contribution in [0.4, 0.5) is 0 Å². The summed E-state index contributed by atoms with van der Waals surface area (Å²) in [6.07, 6.45) is -0.678. The number of rotatable bonds is 13. The van der Waals surface area contributed by atoms with Crippen LogP contribution in [0, 0.1) is 0 Å². The molecule has 0 N–H and O–H groups in total. The maximum atomic E-state index is 11.7. The zero-order valence-corrected chi connectivity index (χ0v) is 18.5. The fraction of sp³-hybridized carbons (Fsp3) is 0.400. The summed E-state index contributed by atoms with van der Waals surface area (Å²) in [7, 11) is -7.81. The van der Waals surface area contributed by atoms with Crippen LogP contribution in [0.5, 0.6) is 0 Å². The van der Waals surface area contributed by atoms with E-state index in [9.17, 15) is 16.8 Å². The van der Waals surface area contributed by atoms with Gasteiger partial charge in [-0.1, -0.05) is 60.7 Å². The third-order valence-corrected chi connectivity index (χ3v) is 4.99. The lowest BCUT2D eigenvalue weighted by molar-refractivity contribution is -0.0494. The van der Waals surface area contributed by atoms with Crippen LogP contribution in [0.25, 0.3) is 0 Å². The van der Waals surface area contributed by atoms with Gasteiger partial charge in [0.2, 0.25) is 0 Å². The Bertz CT molecular complexity index is 879. The van der Waals surface area contributed by atoms with Crippen molar-refractivity contribution in [2.75, 3.05) is 25.7 Å². The highest BCUT2D eigenvalue weighted by Crippen LogP contribution is 2.14. The summed E-state index contributed by atoms with van der Waals surface area (Å²) in [6, 6.07) is 18.5. The fourth-order valence-corrected chi connectivity index (χ4v) is 3.83. The smallest absolute Gasteiger partial charge is 0.264 e. The maximum Gasteiger partial charge on any atom is 0.264 e. The van der Waals surface area contributed by atoms with Gasteiger partial charge in [0, 0.05) is 0 Å². The molecule has 0 amide bonds. The molecule has 30 heavy (non-hydrogen) atoms. The van der Waals surface area contributed by atoms with Crippen LogP contribution < -0.4 is 0 Å². The second kappa shape index (κ2) is 11.5. The Morgan fingerprint density at radius 1 is 0.633 bits per heavy atom. The van der Waals surface area contributed by atoms with E-state index in [0.717, 1.165) is 23.6 Å². The first-order chi connectivity index (χ1) is 14.1. The van der Waals surface area contributed by atoms with Crippen molar-refractivity contribution < 1.29 is 34.7 Å². The summed E-state index contributed by atoms with van der Waals surface area (Å²) in [5, 5.41) is 0. The molecule has 0 aliphatic heterocycles. The first-order valence-corrected chi connectivity index (χ1v) is 12.8. The third kappa shape index (κ3) is 10.3. The van der Waals surface area contributed by atoms with E-state index < -0.39 is 32.4 Å². The minimum Gasteiger partial charge on any atom is -0.374 e. The van der Waals surface area contributed by atoms with Crippen molar-refractivity contribution in [1.82, 2.24) is 0 Å². The Labute approximate surface area is 178 Å². The highest BCUT2D eigenvalue weighted by Gasteiger charge is 2.31. The van der Waals surface area contributed by atoms with Crippen molar-refractivity contribution in [2.24, 2.45) is 0 Å². The van der Waals surface area contributed by atoms with E-state index in [1.807, 2.05) is 60.7 Å². The number of hydrogen-bond acceptors (Lipinski definition) is 8. The Kier molecular flexibility index (Phi) is 9.40. The molecule has 2 atom stereocenters. The molecular weight excluding hydrogens is 432 g/mol. The first-order valence-electron chi connectivity index (χ1n) is 9.12. The van der Waals surface area contributed by atoms with E-state index in [1.165, 1.54) is 0 Å². The van der Waals surface area contributed by atoms with Gasteiger partial charge in [0.1, 0.15) is 12.2 Å². The van der Waals surface area contributed by atoms with Crippen LogP contribution in [-0.4, -0.2) is 54.8 Å². The van der Waals surface area contributed by atoms with Crippen LogP contribution >= 0.6 is 0 Å². The van der Waals surface area contributed by atoms with Crippen molar-refractivity contribution in [2.45, 2.75) is 25.4 Å².